The first-order chi connectivity index (χ1) is 18.0. The smallest absolute Gasteiger partial charge is 0.269 e. The third kappa shape index (κ3) is 5.97. The highest BCUT2D eigenvalue weighted by molar-refractivity contribution is 5.84. The second kappa shape index (κ2) is 11.6. The van der Waals surface area contributed by atoms with Gasteiger partial charge in [0, 0.05) is 50.6 Å². The number of halogens is 4. The molecular weight excluding hydrogens is 496 g/mol. The molecule has 1 saturated carbocycles. The predicted molar refractivity (Wildman–Crippen MR) is 139 cm³/mol. The lowest BCUT2D eigenvalue weighted by atomic mass is 9.85. The lowest BCUT2D eigenvalue weighted by molar-refractivity contribution is -0.133. The predicted octanol–water partition coefficient (Wildman–Crippen LogP) is 5.02. The fraction of sp³-hybridized carbons (Fsp3) is 0.586. The molecule has 3 aliphatic rings. The monoisotopic (exact) mass is 532 g/mol. The lowest BCUT2D eigenvalue weighted by Crippen LogP contribution is -2.64. The first-order valence-corrected chi connectivity index (χ1v) is 13.4. The van der Waals surface area contributed by atoms with E-state index in [4.69, 9.17) is 0 Å². The number of hydrogen-bond donors (Lipinski definition) is 1. The van der Waals surface area contributed by atoms with Crippen LogP contribution in [0.4, 0.5) is 17.6 Å². The highest BCUT2D eigenvalue weighted by atomic mass is 19.3. The van der Waals surface area contributed by atoms with Crippen LogP contribution in [0.3, 0.4) is 0 Å². The van der Waals surface area contributed by atoms with Crippen LogP contribution in [0.25, 0.3) is 5.57 Å². The van der Waals surface area contributed by atoms with Gasteiger partial charge in [0.25, 0.3) is 5.92 Å². The Bertz CT molecular complexity index is 1130. The maximum atomic E-state index is 15.1. The molecule has 2 fully saturated rings. The van der Waals surface area contributed by atoms with E-state index in [0.29, 0.717) is 43.1 Å². The average Bonchev–Trinajstić information content (AvgIpc) is 2.88. The number of benzene rings is 1. The molecule has 0 bridgehead atoms. The number of amides is 1. The third-order valence-corrected chi connectivity index (χ3v) is 8.18. The average molecular weight is 533 g/mol. The van der Waals surface area contributed by atoms with Crippen molar-refractivity contribution in [1.29, 1.82) is 5.26 Å². The van der Waals surface area contributed by atoms with Crippen molar-refractivity contribution in [3.05, 3.63) is 52.9 Å². The van der Waals surface area contributed by atoms with Crippen LogP contribution in [0.2, 0.25) is 0 Å². The van der Waals surface area contributed by atoms with Gasteiger partial charge < -0.3 is 5.32 Å². The summed E-state index contributed by atoms with van der Waals surface area (Å²) < 4.78 is 58.9. The van der Waals surface area contributed by atoms with Gasteiger partial charge in [-0.25, -0.2) is 17.6 Å². The van der Waals surface area contributed by atoms with E-state index >= 15 is 8.78 Å². The molecule has 1 saturated heterocycles. The summed E-state index contributed by atoms with van der Waals surface area (Å²) >= 11 is 0. The summed E-state index contributed by atoms with van der Waals surface area (Å²) in [5, 5.41) is 12.5. The van der Waals surface area contributed by atoms with E-state index in [9.17, 15) is 18.8 Å². The van der Waals surface area contributed by atoms with Crippen LogP contribution < -0.4 is 5.32 Å². The van der Waals surface area contributed by atoms with Crippen LogP contribution in [-0.4, -0.2) is 72.1 Å². The molecule has 1 aromatic carbocycles. The third-order valence-electron chi connectivity index (χ3n) is 8.18. The molecule has 1 amide bonds. The molecule has 0 radical (unpaired) electrons. The van der Waals surface area contributed by atoms with Crippen molar-refractivity contribution in [2.24, 2.45) is 5.92 Å². The van der Waals surface area contributed by atoms with Crippen molar-refractivity contribution in [3.8, 4) is 6.07 Å². The Morgan fingerprint density at radius 1 is 1.24 bits per heavy atom. The van der Waals surface area contributed by atoms with Crippen molar-refractivity contribution >= 4 is 11.5 Å². The molecule has 4 rings (SSSR count). The second-order valence-corrected chi connectivity index (χ2v) is 10.9. The summed E-state index contributed by atoms with van der Waals surface area (Å²) in [6.07, 6.45) is 1.33. The molecule has 2 unspecified atom stereocenters. The summed E-state index contributed by atoms with van der Waals surface area (Å²) in [7, 11) is 0. The Morgan fingerprint density at radius 2 is 1.95 bits per heavy atom. The molecule has 1 heterocycles. The van der Waals surface area contributed by atoms with Crippen molar-refractivity contribution in [2.45, 2.75) is 76.7 Å². The van der Waals surface area contributed by atoms with Gasteiger partial charge in [0.2, 0.25) is 5.91 Å². The van der Waals surface area contributed by atoms with Gasteiger partial charge in [-0.1, -0.05) is 25.1 Å². The van der Waals surface area contributed by atoms with Gasteiger partial charge in [0.1, 0.15) is 24.1 Å². The Balaban J connectivity index is 1.52. The number of piperazine rings is 1. The lowest BCUT2D eigenvalue weighted by Gasteiger charge is -2.47. The topological polar surface area (TPSA) is 59.4 Å². The number of allylic oxidation sites excluding steroid dienone is 4. The van der Waals surface area contributed by atoms with Crippen molar-refractivity contribution < 1.29 is 22.4 Å². The Labute approximate surface area is 222 Å². The fourth-order valence-electron chi connectivity index (χ4n) is 5.81. The van der Waals surface area contributed by atoms with Gasteiger partial charge in [-0.3, -0.25) is 14.6 Å². The van der Waals surface area contributed by atoms with Crippen molar-refractivity contribution in [3.63, 3.8) is 0 Å². The minimum absolute atomic E-state index is 0.108. The van der Waals surface area contributed by atoms with Gasteiger partial charge in [-0.05, 0) is 55.5 Å². The number of rotatable bonds is 6. The van der Waals surface area contributed by atoms with Crippen LogP contribution in [-0.2, 0) is 11.2 Å². The Hall–Kier alpha value is -2.70. The van der Waals surface area contributed by atoms with E-state index in [-0.39, 0.29) is 24.0 Å². The largest absolute Gasteiger partial charge is 0.345 e. The number of carbonyl (C=O) groups is 1. The summed E-state index contributed by atoms with van der Waals surface area (Å²) in [4.78, 5) is 17.5. The summed E-state index contributed by atoms with van der Waals surface area (Å²) in [5.74, 6) is -5.18. The molecule has 4 atom stereocenters. The molecule has 1 N–H and O–H groups in total. The zero-order valence-corrected chi connectivity index (χ0v) is 22.2. The molecule has 2 aliphatic carbocycles. The number of nitriles is 1. The van der Waals surface area contributed by atoms with Gasteiger partial charge >= 0.3 is 0 Å². The normalized spacial score (nSPS) is 28.4. The summed E-state index contributed by atoms with van der Waals surface area (Å²) in [6, 6.07) is 5.38. The summed E-state index contributed by atoms with van der Waals surface area (Å²) in [6.45, 7) is 8.59. The van der Waals surface area contributed by atoms with Gasteiger partial charge in [-0.15, -0.1) is 0 Å². The molecule has 206 valence electrons. The van der Waals surface area contributed by atoms with Crippen LogP contribution >= 0.6 is 0 Å². The Kier molecular flexibility index (Phi) is 8.63. The van der Waals surface area contributed by atoms with Gasteiger partial charge in [0.15, 0.2) is 0 Å². The van der Waals surface area contributed by atoms with Gasteiger partial charge in [-0.2, -0.15) is 5.26 Å². The van der Waals surface area contributed by atoms with Gasteiger partial charge in [0.05, 0.1) is 12.0 Å². The van der Waals surface area contributed by atoms with E-state index in [1.165, 1.54) is 19.1 Å². The van der Waals surface area contributed by atoms with Crippen molar-refractivity contribution in [2.75, 3.05) is 26.2 Å². The number of alkyl halides is 3. The number of nitrogens with one attached hydrogen (secondary N) is 1. The maximum absolute atomic E-state index is 15.1. The minimum atomic E-state index is -3.05. The molecule has 0 aromatic heterocycles. The molecule has 1 aromatic rings. The van der Waals surface area contributed by atoms with Crippen molar-refractivity contribution in [1.82, 2.24) is 15.1 Å². The van der Waals surface area contributed by atoms with E-state index in [2.05, 4.69) is 29.0 Å². The van der Waals surface area contributed by atoms with Crippen LogP contribution in [0, 0.1) is 17.2 Å². The molecule has 0 spiro atoms. The fourth-order valence-corrected chi connectivity index (χ4v) is 5.81. The van der Waals surface area contributed by atoms with Crippen LogP contribution in [0.15, 0.2) is 36.2 Å². The highest BCUT2D eigenvalue weighted by Crippen LogP contribution is 2.37. The molecular formula is C29H36F4N4O. The molecule has 1 aliphatic heterocycles. The van der Waals surface area contributed by atoms with E-state index in [0.717, 1.165) is 13.1 Å². The summed E-state index contributed by atoms with van der Waals surface area (Å²) in [5.41, 5.74) is 0.974. The first kappa shape index (κ1) is 28.3. The standard InChI is InChI=1S/C29H36F4N4O/c1-18(2)36-10-12-37(13-11-36)26-8-5-9-29(32,33)28(26)35-27(38)16-20-6-4-7-22(23(20)17-34)21-14-24(30)19(3)25(31)15-21/h4,6-7,14-15,18-19,24,26,28H,5,8-13,16H2,1-3H3,(H,35,38)/t19?,24?,26-,28+/m0/s1. The zero-order valence-electron chi connectivity index (χ0n) is 22.2. The van der Waals surface area contributed by atoms with E-state index < -0.39 is 41.8 Å². The highest BCUT2D eigenvalue weighted by Gasteiger charge is 2.49. The minimum Gasteiger partial charge on any atom is -0.345 e. The molecule has 38 heavy (non-hydrogen) atoms. The molecule has 9 heteroatoms. The van der Waals surface area contributed by atoms with Crippen LogP contribution in [0.1, 0.15) is 56.7 Å². The quantitative estimate of drug-likeness (QED) is 0.523. The Morgan fingerprint density at radius 3 is 2.58 bits per heavy atom. The first-order valence-electron chi connectivity index (χ1n) is 13.4. The van der Waals surface area contributed by atoms with Crippen LogP contribution in [0.5, 0.6) is 0 Å². The number of carbonyl (C=O) groups excluding carboxylic acids is 1. The molecule has 5 nitrogen and oxygen atoms in total. The second-order valence-electron chi connectivity index (χ2n) is 10.9. The van der Waals surface area contributed by atoms with E-state index in [1.54, 1.807) is 18.2 Å². The SMILES string of the molecule is CC1C(F)=CC(c2cccc(CC(=O)N[C@@H]3[C@@H](N4CCN(C(C)C)CC4)CCCC3(F)F)c2C#N)=CC1F. The zero-order chi connectivity index (χ0) is 27.6. The number of hydrogen-bond acceptors (Lipinski definition) is 4. The maximum Gasteiger partial charge on any atom is 0.269 e. The van der Waals surface area contributed by atoms with E-state index in [1.807, 2.05) is 6.07 Å². The number of nitrogens with zero attached hydrogens (tertiary/aromatic N) is 3.